The number of benzene rings is 1. The average molecular weight is 285 g/mol. The molecule has 0 heterocycles. The lowest BCUT2D eigenvalue weighted by Gasteiger charge is -2.12. The minimum Gasteiger partial charge on any atom is -0.397 e. The second kappa shape index (κ2) is 6.84. The van der Waals surface area contributed by atoms with Crippen LogP contribution < -0.4 is 16.4 Å². The first kappa shape index (κ1) is 15.1. The normalized spacial score (nSPS) is 9.84. The third-order valence-corrected chi connectivity index (χ3v) is 2.72. The molecule has 0 saturated carbocycles. The fourth-order valence-corrected chi connectivity index (χ4v) is 1.51. The molecule has 0 spiro atoms. The Morgan fingerprint density at radius 2 is 1.89 bits per heavy atom. The molecule has 0 aliphatic rings. The number of carbonyl (C=O) groups is 2. The molecule has 104 valence electrons. The van der Waals surface area contributed by atoms with Gasteiger partial charge in [0.2, 0.25) is 0 Å². The van der Waals surface area contributed by atoms with Crippen LogP contribution in [-0.2, 0) is 0 Å². The molecular formula is C12H17ClN4O2. The van der Waals surface area contributed by atoms with Gasteiger partial charge in [-0.1, -0.05) is 17.7 Å². The Morgan fingerprint density at radius 1 is 1.26 bits per heavy atom. The maximum atomic E-state index is 11.8. The number of para-hydroxylation sites is 1. The van der Waals surface area contributed by atoms with E-state index < -0.39 is 0 Å². The number of hydrogen-bond acceptors (Lipinski definition) is 3. The van der Waals surface area contributed by atoms with E-state index in [0.29, 0.717) is 23.7 Å². The molecule has 0 unspecified atom stereocenters. The number of amides is 3. The first-order valence-corrected chi connectivity index (χ1v) is 6.08. The molecule has 1 rings (SSSR count). The topological polar surface area (TPSA) is 87.5 Å². The van der Waals surface area contributed by atoms with Crippen molar-refractivity contribution in [3.63, 3.8) is 0 Å². The van der Waals surface area contributed by atoms with Crippen LogP contribution >= 0.6 is 11.6 Å². The Bertz CT molecular complexity index is 477. The number of anilines is 1. The number of carbonyl (C=O) groups excluding carboxylic acids is 2. The highest BCUT2D eigenvalue weighted by molar-refractivity contribution is 6.33. The highest BCUT2D eigenvalue weighted by Gasteiger charge is 2.11. The minimum atomic E-state index is -0.320. The van der Waals surface area contributed by atoms with E-state index in [1.807, 2.05) is 0 Å². The van der Waals surface area contributed by atoms with E-state index in [2.05, 4.69) is 10.6 Å². The van der Waals surface area contributed by atoms with Crippen LogP contribution in [0.25, 0.3) is 0 Å². The highest BCUT2D eigenvalue weighted by Crippen LogP contribution is 2.21. The summed E-state index contributed by atoms with van der Waals surface area (Å²) in [4.78, 5) is 24.5. The average Bonchev–Trinajstić information content (AvgIpc) is 2.37. The SMILES string of the molecule is CN(C)C(=O)NCCNC(=O)c1cccc(Cl)c1N. The molecule has 0 saturated heterocycles. The van der Waals surface area contributed by atoms with Gasteiger partial charge in [-0.25, -0.2) is 4.79 Å². The van der Waals surface area contributed by atoms with Crippen LogP contribution in [0, 0.1) is 0 Å². The zero-order valence-electron chi connectivity index (χ0n) is 10.9. The van der Waals surface area contributed by atoms with Gasteiger partial charge in [-0.05, 0) is 12.1 Å². The lowest BCUT2D eigenvalue weighted by atomic mass is 10.1. The fraction of sp³-hybridized carbons (Fsp3) is 0.333. The monoisotopic (exact) mass is 284 g/mol. The predicted molar refractivity (Wildman–Crippen MR) is 75.3 cm³/mol. The van der Waals surface area contributed by atoms with E-state index in [1.54, 1.807) is 32.3 Å². The molecule has 1 aromatic carbocycles. The summed E-state index contributed by atoms with van der Waals surface area (Å²) in [5.74, 6) is -0.320. The van der Waals surface area contributed by atoms with E-state index in [-0.39, 0.29) is 17.6 Å². The van der Waals surface area contributed by atoms with Gasteiger partial charge in [0.1, 0.15) is 0 Å². The summed E-state index contributed by atoms with van der Waals surface area (Å²) >= 11 is 5.83. The van der Waals surface area contributed by atoms with Crippen LogP contribution in [0.2, 0.25) is 5.02 Å². The van der Waals surface area contributed by atoms with Gasteiger partial charge >= 0.3 is 6.03 Å². The van der Waals surface area contributed by atoms with Gasteiger partial charge in [-0.3, -0.25) is 4.79 Å². The van der Waals surface area contributed by atoms with Gasteiger partial charge in [0.05, 0.1) is 16.3 Å². The molecule has 0 aromatic heterocycles. The molecule has 4 N–H and O–H groups in total. The minimum absolute atomic E-state index is 0.212. The van der Waals surface area contributed by atoms with Crippen molar-refractivity contribution < 1.29 is 9.59 Å². The van der Waals surface area contributed by atoms with Crippen molar-refractivity contribution in [2.45, 2.75) is 0 Å². The predicted octanol–water partition coefficient (Wildman–Crippen LogP) is 0.923. The molecule has 19 heavy (non-hydrogen) atoms. The van der Waals surface area contributed by atoms with E-state index in [4.69, 9.17) is 17.3 Å². The quantitative estimate of drug-likeness (QED) is 0.568. The largest absolute Gasteiger partial charge is 0.397 e. The van der Waals surface area contributed by atoms with Crippen molar-refractivity contribution in [1.29, 1.82) is 0 Å². The van der Waals surface area contributed by atoms with E-state index in [1.165, 1.54) is 4.90 Å². The Balaban J connectivity index is 2.44. The molecule has 3 amide bonds. The maximum Gasteiger partial charge on any atom is 0.316 e. The molecule has 0 fully saturated rings. The lowest BCUT2D eigenvalue weighted by molar-refractivity contribution is 0.0954. The van der Waals surface area contributed by atoms with Crippen molar-refractivity contribution in [2.75, 3.05) is 32.9 Å². The van der Waals surface area contributed by atoms with Crippen molar-refractivity contribution in [2.24, 2.45) is 0 Å². The molecule has 0 atom stereocenters. The Kier molecular flexibility index (Phi) is 5.44. The summed E-state index contributed by atoms with van der Waals surface area (Å²) in [6.45, 7) is 0.646. The number of hydrogen-bond donors (Lipinski definition) is 3. The van der Waals surface area contributed by atoms with Crippen molar-refractivity contribution in [3.05, 3.63) is 28.8 Å². The summed E-state index contributed by atoms with van der Waals surface area (Å²) < 4.78 is 0. The number of nitrogens with zero attached hydrogens (tertiary/aromatic N) is 1. The maximum absolute atomic E-state index is 11.8. The number of halogens is 1. The Morgan fingerprint density at radius 3 is 2.53 bits per heavy atom. The number of nitrogen functional groups attached to an aromatic ring is 1. The van der Waals surface area contributed by atoms with Crippen LogP contribution in [-0.4, -0.2) is 44.0 Å². The van der Waals surface area contributed by atoms with Crippen LogP contribution in [0.15, 0.2) is 18.2 Å². The number of rotatable bonds is 4. The van der Waals surface area contributed by atoms with Gasteiger partial charge in [0, 0.05) is 27.2 Å². The Hall–Kier alpha value is -1.95. The molecule has 0 bridgehead atoms. The molecule has 0 radical (unpaired) electrons. The van der Waals surface area contributed by atoms with E-state index >= 15 is 0 Å². The van der Waals surface area contributed by atoms with Crippen LogP contribution in [0.5, 0.6) is 0 Å². The summed E-state index contributed by atoms with van der Waals surface area (Å²) in [7, 11) is 3.28. The zero-order chi connectivity index (χ0) is 14.4. The van der Waals surface area contributed by atoms with Crippen LogP contribution in [0.3, 0.4) is 0 Å². The highest BCUT2D eigenvalue weighted by atomic mass is 35.5. The van der Waals surface area contributed by atoms with Gasteiger partial charge in [-0.2, -0.15) is 0 Å². The van der Waals surface area contributed by atoms with Crippen LogP contribution in [0.4, 0.5) is 10.5 Å². The summed E-state index contributed by atoms with van der Waals surface area (Å²) in [6.07, 6.45) is 0. The van der Waals surface area contributed by atoms with Crippen molar-refractivity contribution >= 4 is 29.2 Å². The van der Waals surface area contributed by atoms with Gasteiger partial charge in [0.25, 0.3) is 5.91 Å². The van der Waals surface area contributed by atoms with Crippen molar-refractivity contribution in [3.8, 4) is 0 Å². The number of urea groups is 1. The molecule has 0 aliphatic heterocycles. The van der Waals surface area contributed by atoms with Crippen molar-refractivity contribution in [1.82, 2.24) is 15.5 Å². The summed E-state index contributed by atoms with van der Waals surface area (Å²) in [5.41, 5.74) is 6.28. The third kappa shape index (κ3) is 4.33. The Labute approximate surface area is 116 Å². The molecule has 7 heteroatoms. The standard InChI is InChI=1S/C12H17ClN4O2/c1-17(2)12(19)16-7-6-15-11(18)8-4-3-5-9(13)10(8)14/h3-5H,6-7,14H2,1-2H3,(H,15,18)(H,16,19). The van der Waals surface area contributed by atoms with Crippen LogP contribution in [0.1, 0.15) is 10.4 Å². The van der Waals surface area contributed by atoms with Gasteiger partial charge in [0.15, 0.2) is 0 Å². The third-order valence-electron chi connectivity index (χ3n) is 2.39. The number of nitrogens with one attached hydrogen (secondary N) is 2. The molecule has 1 aromatic rings. The van der Waals surface area contributed by atoms with E-state index in [9.17, 15) is 9.59 Å². The fourth-order valence-electron chi connectivity index (χ4n) is 1.33. The zero-order valence-corrected chi connectivity index (χ0v) is 11.6. The first-order chi connectivity index (χ1) is 8.93. The molecule has 6 nitrogen and oxygen atoms in total. The van der Waals surface area contributed by atoms with Gasteiger partial charge in [-0.15, -0.1) is 0 Å². The lowest BCUT2D eigenvalue weighted by Crippen LogP contribution is -2.39. The molecule has 0 aliphatic carbocycles. The summed E-state index contributed by atoms with van der Waals surface area (Å²) in [6, 6.07) is 4.65. The second-order valence-electron chi connectivity index (χ2n) is 4.08. The number of nitrogens with two attached hydrogens (primary N) is 1. The smallest absolute Gasteiger partial charge is 0.316 e. The first-order valence-electron chi connectivity index (χ1n) is 5.71. The van der Waals surface area contributed by atoms with E-state index in [0.717, 1.165) is 0 Å². The second-order valence-corrected chi connectivity index (χ2v) is 4.49. The molecular weight excluding hydrogens is 268 g/mol. The summed E-state index contributed by atoms with van der Waals surface area (Å²) in [5, 5.41) is 5.62. The van der Waals surface area contributed by atoms with Gasteiger partial charge < -0.3 is 21.3 Å².